The standard InChI is InChI=1S/C16H23N5OS2/c1-13-17-14(10-23-13)9-21-6-7-22-12-16(21)2-4-20(5-3-16)8-15-11-24-19-18-15/h10-11H,2-9,12H2,1H3. The third kappa shape index (κ3) is 3.52. The first kappa shape index (κ1) is 16.5. The van der Waals surface area contributed by atoms with Crippen LogP contribution in [0.2, 0.25) is 0 Å². The van der Waals surface area contributed by atoms with Crippen molar-refractivity contribution < 1.29 is 4.74 Å². The maximum atomic E-state index is 5.88. The van der Waals surface area contributed by atoms with Gasteiger partial charge in [-0.2, -0.15) is 0 Å². The zero-order chi connectivity index (χ0) is 16.4. The van der Waals surface area contributed by atoms with E-state index >= 15 is 0 Å². The lowest BCUT2D eigenvalue weighted by molar-refractivity contribution is -0.1000. The van der Waals surface area contributed by atoms with Gasteiger partial charge in [0.25, 0.3) is 0 Å². The zero-order valence-electron chi connectivity index (χ0n) is 14.0. The molecule has 0 aliphatic carbocycles. The minimum Gasteiger partial charge on any atom is -0.378 e. The monoisotopic (exact) mass is 365 g/mol. The molecule has 8 heteroatoms. The summed E-state index contributed by atoms with van der Waals surface area (Å²) in [6.45, 7) is 8.81. The van der Waals surface area contributed by atoms with E-state index in [0.717, 1.165) is 69.5 Å². The SMILES string of the molecule is Cc1nc(CN2CCOCC23CCN(Cc2csnn2)CC3)cs1. The Hall–Kier alpha value is -0.930. The van der Waals surface area contributed by atoms with Crippen molar-refractivity contribution in [2.45, 2.75) is 38.4 Å². The fourth-order valence-electron chi connectivity index (χ4n) is 3.76. The predicted octanol–water partition coefficient (Wildman–Crippen LogP) is 2.17. The van der Waals surface area contributed by atoms with Crippen LogP contribution in [0.3, 0.4) is 0 Å². The van der Waals surface area contributed by atoms with E-state index in [-0.39, 0.29) is 5.54 Å². The van der Waals surface area contributed by atoms with Gasteiger partial charge in [-0.25, -0.2) is 4.98 Å². The molecule has 0 saturated carbocycles. The van der Waals surface area contributed by atoms with Crippen molar-refractivity contribution in [1.82, 2.24) is 24.4 Å². The van der Waals surface area contributed by atoms with Crippen LogP contribution in [0.1, 0.15) is 29.2 Å². The number of ether oxygens (including phenoxy) is 1. The highest BCUT2D eigenvalue weighted by molar-refractivity contribution is 7.09. The molecular formula is C16H23N5OS2. The molecule has 4 heterocycles. The summed E-state index contributed by atoms with van der Waals surface area (Å²) in [6.07, 6.45) is 2.29. The van der Waals surface area contributed by atoms with Gasteiger partial charge in [0.15, 0.2) is 0 Å². The Bertz CT molecular complexity index is 651. The molecule has 0 N–H and O–H groups in total. The van der Waals surface area contributed by atoms with Crippen molar-refractivity contribution in [3.05, 3.63) is 27.2 Å². The van der Waals surface area contributed by atoms with Crippen molar-refractivity contribution in [3.8, 4) is 0 Å². The molecule has 24 heavy (non-hydrogen) atoms. The lowest BCUT2D eigenvalue weighted by Crippen LogP contribution is -2.60. The molecule has 2 aromatic rings. The van der Waals surface area contributed by atoms with Crippen LogP contribution in [0.5, 0.6) is 0 Å². The predicted molar refractivity (Wildman–Crippen MR) is 95.2 cm³/mol. The number of morpholine rings is 1. The minimum atomic E-state index is 0.173. The second-order valence-electron chi connectivity index (χ2n) is 6.73. The van der Waals surface area contributed by atoms with Gasteiger partial charge in [0.2, 0.25) is 0 Å². The number of aromatic nitrogens is 3. The van der Waals surface area contributed by atoms with Gasteiger partial charge in [0.1, 0.15) is 0 Å². The zero-order valence-corrected chi connectivity index (χ0v) is 15.6. The topological polar surface area (TPSA) is 54.4 Å². The summed E-state index contributed by atoms with van der Waals surface area (Å²) in [6, 6.07) is 0. The molecule has 4 rings (SSSR count). The summed E-state index contributed by atoms with van der Waals surface area (Å²) < 4.78 is 9.84. The van der Waals surface area contributed by atoms with Gasteiger partial charge in [0.05, 0.1) is 29.6 Å². The average Bonchev–Trinajstić information content (AvgIpc) is 3.24. The van der Waals surface area contributed by atoms with Crippen molar-refractivity contribution in [1.29, 1.82) is 0 Å². The van der Waals surface area contributed by atoms with Crippen LogP contribution >= 0.6 is 22.9 Å². The Morgan fingerprint density at radius 2 is 2.04 bits per heavy atom. The third-order valence-corrected chi connectivity index (χ3v) is 6.52. The van der Waals surface area contributed by atoms with Gasteiger partial charge in [-0.05, 0) is 31.3 Å². The van der Waals surface area contributed by atoms with Crippen LogP contribution < -0.4 is 0 Å². The molecule has 130 valence electrons. The average molecular weight is 366 g/mol. The molecule has 1 spiro atoms. The number of thiazole rings is 1. The normalized spacial score (nSPS) is 22.2. The van der Waals surface area contributed by atoms with Crippen LogP contribution in [0, 0.1) is 6.92 Å². The Labute approximate surface area is 150 Å². The highest BCUT2D eigenvalue weighted by Crippen LogP contribution is 2.33. The molecule has 0 bridgehead atoms. The Morgan fingerprint density at radius 3 is 2.75 bits per heavy atom. The van der Waals surface area contributed by atoms with Crippen molar-refractivity contribution >= 4 is 22.9 Å². The Balaban J connectivity index is 1.41. The Kier molecular flexibility index (Phi) is 4.91. The number of rotatable bonds is 4. The summed E-state index contributed by atoms with van der Waals surface area (Å²) in [4.78, 5) is 9.76. The van der Waals surface area contributed by atoms with Gasteiger partial charge >= 0.3 is 0 Å². The van der Waals surface area contributed by atoms with Crippen LogP contribution in [-0.4, -0.2) is 62.8 Å². The number of nitrogens with zero attached hydrogens (tertiary/aromatic N) is 5. The van der Waals surface area contributed by atoms with E-state index in [1.54, 1.807) is 11.3 Å². The van der Waals surface area contributed by atoms with Crippen LogP contribution in [-0.2, 0) is 17.8 Å². The largest absolute Gasteiger partial charge is 0.378 e. The molecule has 0 amide bonds. The van der Waals surface area contributed by atoms with E-state index in [0.29, 0.717) is 0 Å². The molecule has 0 radical (unpaired) electrons. The number of likely N-dealkylation sites (tertiary alicyclic amines) is 1. The lowest BCUT2D eigenvalue weighted by Gasteiger charge is -2.51. The quantitative estimate of drug-likeness (QED) is 0.828. The number of hydrogen-bond acceptors (Lipinski definition) is 8. The molecule has 0 unspecified atom stereocenters. The van der Waals surface area contributed by atoms with E-state index < -0.39 is 0 Å². The van der Waals surface area contributed by atoms with E-state index in [2.05, 4.69) is 36.7 Å². The van der Waals surface area contributed by atoms with Gasteiger partial charge in [-0.3, -0.25) is 9.80 Å². The van der Waals surface area contributed by atoms with E-state index in [1.165, 1.54) is 17.2 Å². The summed E-state index contributed by atoms with van der Waals surface area (Å²) in [5.74, 6) is 0. The molecule has 6 nitrogen and oxygen atoms in total. The lowest BCUT2D eigenvalue weighted by atomic mass is 9.85. The van der Waals surface area contributed by atoms with Gasteiger partial charge < -0.3 is 4.74 Å². The third-order valence-electron chi connectivity index (χ3n) is 5.14. The van der Waals surface area contributed by atoms with Crippen molar-refractivity contribution in [2.24, 2.45) is 0 Å². The number of hydrogen-bond donors (Lipinski definition) is 0. The second-order valence-corrected chi connectivity index (χ2v) is 8.40. The second kappa shape index (κ2) is 7.13. The molecular weight excluding hydrogens is 342 g/mol. The molecule has 2 fully saturated rings. The molecule has 0 atom stereocenters. The van der Waals surface area contributed by atoms with Gasteiger partial charge in [0, 0.05) is 49.0 Å². The van der Waals surface area contributed by atoms with Gasteiger partial charge in [-0.15, -0.1) is 16.4 Å². The van der Waals surface area contributed by atoms with Crippen LogP contribution in [0.4, 0.5) is 0 Å². The molecule has 0 aromatic carbocycles. The van der Waals surface area contributed by atoms with Crippen molar-refractivity contribution in [3.63, 3.8) is 0 Å². The molecule has 2 aromatic heterocycles. The number of piperidine rings is 1. The fraction of sp³-hybridized carbons (Fsp3) is 0.688. The maximum absolute atomic E-state index is 5.88. The van der Waals surface area contributed by atoms with E-state index in [9.17, 15) is 0 Å². The maximum Gasteiger partial charge on any atom is 0.0897 e. The summed E-state index contributed by atoms with van der Waals surface area (Å²) >= 11 is 3.17. The van der Waals surface area contributed by atoms with Gasteiger partial charge in [-0.1, -0.05) is 4.49 Å². The molecule has 2 aliphatic heterocycles. The minimum absolute atomic E-state index is 0.173. The fourth-order valence-corrected chi connectivity index (χ4v) is 4.80. The van der Waals surface area contributed by atoms with Crippen LogP contribution in [0.15, 0.2) is 10.8 Å². The van der Waals surface area contributed by atoms with Crippen LogP contribution in [0.25, 0.3) is 0 Å². The first-order chi connectivity index (χ1) is 11.7. The smallest absolute Gasteiger partial charge is 0.0897 e. The summed E-state index contributed by atoms with van der Waals surface area (Å²) in [7, 11) is 0. The first-order valence-corrected chi connectivity index (χ1v) is 10.2. The van der Waals surface area contributed by atoms with E-state index in [4.69, 9.17) is 4.74 Å². The summed E-state index contributed by atoms with van der Waals surface area (Å²) in [5.41, 5.74) is 2.47. The number of aryl methyl sites for hydroxylation is 1. The highest BCUT2D eigenvalue weighted by Gasteiger charge is 2.42. The summed E-state index contributed by atoms with van der Waals surface area (Å²) in [5, 5.41) is 9.57. The van der Waals surface area contributed by atoms with E-state index in [1.807, 2.05) is 5.38 Å². The Morgan fingerprint density at radius 1 is 1.17 bits per heavy atom. The molecule has 2 aliphatic rings. The first-order valence-electron chi connectivity index (χ1n) is 8.46. The molecule has 2 saturated heterocycles. The van der Waals surface area contributed by atoms with Crippen molar-refractivity contribution in [2.75, 3.05) is 32.8 Å². The highest BCUT2D eigenvalue weighted by atomic mass is 32.1.